The molecule has 0 atom stereocenters. The maximum absolute atomic E-state index is 12.5. The van der Waals surface area contributed by atoms with Crippen molar-refractivity contribution in [3.8, 4) is 22.1 Å². The number of nitrogens with zero attached hydrogens (tertiary/aromatic N) is 1. The van der Waals surface area contributed by atoms with Crippen LogP contribution in [-0.2, 0) is 4.79 Å². The number of unbranched alkanes of at least 4 members (excludes halogenated alkanes) is 1. The first-order chi connectivity index (χ1) is 17.1. The largest absolute Gasteiger partial charge is 0.490 e. The van der Waals surface area contributed by atoms with Crippen molar-refractivity contribution in [3.05, 3.63) is 77.9 Å². The SMILES string of the molecule is CCCCOc1ccc(/C=C/C(=O)Nc2ccc(-c3nc4ccc(C)cc4s3)cc2)cc1OCC. The fraction of sp³-hybridized carbons (Fsp3) is 0.241. The van der Waals surface area contributed by atoms with Crippen molar-refractivity contribution in [1.82, 2.24) is 4.98 Å². The number of ether oxygens (including phenoxy) is 2. The number of rotatable bonds is 10. The molecule has 0 bridgehead atoms. The molecule has 1 aromatic heterocycles. The summed E-state index contributed by atoms with van der Waals surface area (Å²) in [5, 5.41) is 3.88. The van der Waals surface area contributed by atoms with Crippen molar-refractivity contribution < 1.29 is 14.3 Å². The molecule has 0 unspecified atom stereocenters. The molecule has 4 rings (SSSR count). The molecule has 0 aliphatic carbocycles. The molecule has 1 N–H and O–H groups in total. The van der Waals surface area contributed by atoms with E-state index in [4.69, 9.17) is 14.5 Å². The lowest BCUT2D eigenvalue weighted by molar-refractivity contribution is -0.111. The summed E-state index contributed by atoms with van der Waals surface area (Å²) >= 11 is 1.67. The van der Waals surface area contributed by atoms with Gasteiger partial charge in [0.05, 0.1) is 23.4 Å². The number of hydrogen-bond acceptors (Lipinski definition) is 5. The zero-order valence-corrected chi connectivity index (χ0v) is 21.2. The van der Waals surface area contributed by atoms with Gasteiger partial charge in [0, 0.05) is 17.3 Å². The summed E-state index contributed by atoms with van der Waals surface area (Å²) in [6.07, 6.45) is 5.36. The molecule has 0 aliphatic heterocycles. The van der Waals surface area contributed by atoms with E-state index in [9.17, 15) is 4.79 Å². The molecule has 0 saturated carbocycles. The molecule has 0 spiro atoms. The number of nitrogens with one attached hydrogen (secondary N) is 1. The van der Waals surface area contributed by atoms with Gasteiger partial charge in [-0.1, -0.05) is 25.5 Å². The summed E-state index contributed by atoms with van der Waals surface area (Å²) in [4.78, 5) is 17.2. The van der Waals surface area contributed by atoms with Crippen LogP contribution < -0.4 is 14.8 Å². The summed E-state index contributed by atoms with van der Waals surface area (Å²) in [6.45, 7) is 7.36. The molecule has 180 valence electrons. The van der Waals surface area contributed by atoms with Crippen LogP contribution in [0.4, 0.5) is 5.69 Å². The smallest absolute Gasteiger partial charge is 0.248 e. The zero-order chi connectivity index (χ0) is 24.6. The number of carbonyl (C=O) groups is 1. The van der Waals surface area contributed by atoms with Gasteiger partial charge in [-0.25, -0.2) is 4.98 Å². The molecule has 0 fully saturated rings. The van der Waals surface area contributed by atoms with Crippen LogP contribution in [-0.4, -0.2) is 24.1 Å². The Balaban J connectivity index is 1.39. The molecule has 0 aliphatic rings. The summed E-state index contributed by atoms with van der Waals surface area (Å²) in [6, 6.07) is 19.7. The average Bonchev–Trinajstić information content (AvgIpc) is 3.28. The van der Waals surface area contributed by atoms with Crippen molar-refractivity contribution in [2.24, 2.45) is 0 Å². The molecule has 0 saturated heterocycles. The third kappa shape index (κ3) is 6.49. The number of aryl methyl sites for hydroxylation is 1. The lowest BCUT2D eigenvalue weighted by Crippen LogP contribution is -2.07. The van der Waals surface area contributed by atoms with Crippen LogP contribution in [0.5, 0.6) is 11.5 Å². The second-order valence-corrected chi connectivity index (χ2v) is 9.26. The van der Waals surface area contributed by atoms with Crippen LogP contribution in [0, 0.1) is 6.92 Å². The van der Waals surface area contributed by atoms with Gasteiger partial charge in [-0.2, -0.15) is 0 Å². The third-order valence-corrected chi connectivity index (χ3v) is 6.46. The number of aromatic nitrogens is 1. The van der Waals surface area contributed by atoms with Gasteiger partial charge in [0.25, 0.3) is 0 Å². The van der Waals surface area contributed by atoms with E-state index in [1.54, 1.807) is 17.4 Å². The lowest BCUT2D eigenvalue weighted by atomic mass is 10.2. The van der Waals surface area contributed by atoms with E-state index in [1.807, 2.05) is 49.4 Å². The monoisotopic (exact) mass is 486 g/mol. The van der Waals surface area contributed by atoms with Crippen LogP contribution in [0.2, 0.25) is 0 Å². The van der Waals surface area contributed by atoms with Crippen molar-refractivity contribution in [3.63, 3.8) is 0 Å². The van der Waals surface area contributed by atoms with Crippen molar-refractivity contribution in [1.29, 1.82) is 0 Å². The van der Waals surface area contributed by atoms with Gasteiger partial charge in [0.1, 0.15) is 5.01 Å². The van der Waals surface area contributed by atoms with Crippen molar-refractivity contribution in [2.75, 3.05) is 18.5 Å². The first-order valence-electron chi connectivity index (χ1n) is 11.9. The maximum Gasteiger partial charge on any atom is 0.248 e. The Hall–Kier alpha value is -3.64. The Morgan fingerprint density at radius 2 is 1.83 bits per heavy atom. The van der Waals surface area contributed by atoms with Crippen LogP contribution >= 0.6 is 11.3 Å². The number of amides is 1. The van der Waals surface area contributed by atoms with Crippen LogP contribution in [0.3, 0.4) is 0 Å². The Morgan fingerprint density at radius 3 is 2.60 bits per heavy atom. The number of thiazole rings is 1. The molecule has 3 aromatic carbocycles. The molecule has 5 nitrogen and oxygen atoms in total. The topological polar surface area (TPSA) is 60.5 Å². The molecule has 0 radical (unpaired) electrons. The number of hydrogen-bond donors (Lipinski definition) is 1. The third-order valence-electron chi connectivity index (χ3n) is 5.39. The normalized spacial score (nSPS) is 11.2. The van der Waals surface area contributed by atoms with Gasteiger partial charge in [-0.15, -0.1) is 11.3 Å². The number of anilines is 1. The maximum atomic E-state index is 12.5. The fourth-order valence-corrected chi connectivity index (χ4v) is 4.62. The van der Waals surface area contributed by atoms with Gasteiger partial charge in [0.2, 0.25) is 5.91 Å². The number of benzene rings is 3. The number of fused-ring (bicyclic) bond motifs is 1. The average molecular weight is 487 g/mol. The predicted octanol–water partition coefficient (Wildman–Crippen LogP) is 7.50. The number of carbonyl (C=O) groups excluding carboxylic acids is 1. The van der Waals surface area contributed by atoms with E-state index in [0.717, 1.165) is 45.9 Å². The van der Waals surface area contributed by atoms with Crippen molar-refractivity contribution in [2.45, 2.75) is 33.6 Å². The van der Waals surface area contributed by atoms with Gasteiger partial charge >= 0.3 is 0 Å². The Morgan fingerprint density at radius 1 is 1.00 bits per heavy atom. The van der Waals surface area contributed by atoms with Crippen molar-refractivity contribution >= 4 is 39.2 Å². The second kappa shape index (κ2) is 11.7. The highest BCUT2D eigenvalue weighted by atomic mass is 32.1. The lowest BCUT2D eigenvalue weighted by Gasteiger charge is -2.12. The van der Waals surface area contributed by atoms with Gasteiger partial charge < -0.3 is 14.8 Å². The molecular weight excluding hydrogens is 456 g/mol. The first kappa shape index (κ1) is 24.5. The van der Waals surface area contributed by atoms with Gasteiger partial charge in [0.15, 0.2) is 11.5 Å². The highest BCUT2D eigenvalue weighted by Crippen LogP contribution is 2.32. The van der Waals surface area contributed by atoms with E-state index < -0.39 is 0 Å². The highest BCUT2D eigenvalue weighted by molar-refractivity contribution is 7.21. The first-order valence-corrected chi connectivity index (χ1v) is 12.7. The van der Waals surface area contributed by atoms with E-state index in [2.05, 4.69) is 37.4 Å². The minimum atomic E-state index is -0.200. The summed E-state index contributed by atoms with van der Waals surface area (Å²) in [5.74, 6) is 1.21. The molecule has 1 heterocycles. The van der Waals surface area contributed by atoms with E-state index in [1.165, 1.54) is 16.3 Å². The van der Waals surface area contributed by atoms with E-state index >= 15 is 0 Å². The second-order valence-electron chi connectivity index (χ2n) is 8.23. The fourth-order valence-electron chi connectivity index (χ4n) is 3.55. The van der Waals surface area contributed by atoms with E-state index in [-0.39, 0.29) is 5.91 Å². The summed E-state index contributed by atoms with van der Waals surface area (Å²) < 4.78 is 12.7. The minimum absolute atomic E-state index is 0.200. The van der Waals surface area contributed by atoms with Crippen LogP contribution in [0.1, 0.15) is 37.8 Å². The van der Waals surface area contributed by atoms with Gasteiger partial charge in [-0.3, -0.25) is 4.79 Å². The van der Waals surface area contributed by atoms with Crippen LogP contribution in [0.15, 0.2) is 66.7 Å². The molecule has 4 aromatic rings. The molecule has 6 heteroatoms. The highest BCUT2D eigenvalue weighted by Gasteiger charge is 2.08. The summed E-state index contributed by atoms with van der Waals surface area (Å²) in [7, 11) is 0. The zero-order valence-electron chi connectivity index (χ0n) is 20.3. The van der Waals surface area contributed by atoms with Crippen LogP contribution in [0.25, 0.3) is 26.9 Å². The quantitative estimate of drug-likeness (QED) is 0.186. The van der Waals surface area contributed by atoms with E-state index in [0.29, 0.717) is 19.0 Å². The Labute approximate surface area is 210 Å². The predicted molar refractivity (Wildman–Crippen MR) is 145 cm³/mol. The summed E-state index contributed by atoms with van der Waals surface area (Å²) in [5.41, 5.74) is 4.86. The Kier molecular flexibility index (Phi) is 8.16. The standard InChI is InChI=1S/C29H30N2O3S/c1-4-6-17-34-25-15-8-21(19-26(25)33-5-2)9-16-28(32)30-23-12-10-22(11-13-23)29-31-24-14-7-20(3)18-27(24)35-29/h7-16,18-19H,4-6,17H2,1-3H3,(H,30,32)/b16-9+. The molecule has 35 heavy (non-hydrogen) atoms. The molecular formula is C29H30N2O3S. The Bertz CT molecular complexity index is 1330. The minimum Gasteiger partial charge on any atom is -0.490 e. The molecule has 1 amide bonds. The van der Waals surface area contributed by atoms with Gasteiger partial charge in [-0.05, 0) is 86.0 Å².